The van der Waals surface area contributed by atoms with E-state index in [1.54, 1.807) is 10.9 Å². The highest BCUT2D eigenvalue weighted by Crippen LogP contribution is 1.99. The van der Waals surface area contributed by atoms with E-state index in [9.17, 15) is 0 Å². The molecule has 0 amide bonds. The molecule has 17 heavy (non-hydrogen) atoms. The summed E-state index contributed by atoms with van der Waals surface area (Å²) in [6, 6.07) is 16.0. The third-order valence-corrected chi connectivity index (χ3v) is 2.07. The second-order valence-electron chi connectivity index (χ2n) is 3.29. The van der Waals surface area contributed by atoms with E-state index in [1.165, 1.54) is 5.56 Å². The van der Waals surface area contributed by atoms with Gasteiger partial charge in [-0.1, -0.05) is 47.2 Å². The second kappa shape index (κ2) is 7.73. The van der Waals surface area contributed by atoms with Crippen molar-refractivity contribution in [2.45, 2.75) is 0 Å². The van der Waals surface area contributed by atoms with Crippen molar-refractivity contribution in [3.05, 3.63) is 72.6 Å². The molecular weight excluding hydrogens is 323 g/mol. The van der Waals surface area contributed by atoms with Crippen molar-refractivity contribution in [3.63, 3.8) is 0 Å². The third-order valence-electron chi connectivity index (χ3n) is 2.07. The number of benzene rings is 1. The van der Waals surface area contributed by atoms with Crippen LogP contribution >= 0.6 is 0 Å². The SMILES string of the molecule is C(/C=C/c1ccccc1)=N/[n+]1ccccc1.[I-]. The lowest BCUT2D eigenvalue weighted by Gasteiger charge is -1.87. The van der Waals surface area contributed by atoms with E-state index in [0.29, 0.717) is 0 Å². The van der Waals surface area contributed by atoms with Crippen LogP contribution in [0.3, 0.4) is 0 Å². The van der Waals surface area contributed by atoms with Crippen LogP contribution in [-0.4, -0.2) is 6.21 Å². The van der Waals surface area contributed by atoms with Gasteiger partial charge in [-0.3, -0.25) is 0 Å². The van der Waals surface area contributed by atoms with Crippen LogP contribution in [0.15, 0.2) is 72.1 Å². The summed E-state index contributed by atoms with van der Waals surface area (Å²) >= 11 is 0. The van der Waals surface area contributed by atoms with E-state index in [-0.39, 0.29) is 24.0 Å². The van der Waals surface area contributed by atoms with Crippen molar-refractivity contribution in [3.8, 4) is 0 Å². The summed E-state index contributed by atoms with van der Waals surface area (Å²) in [5.41, 5.74) is 1.17. The predicted molar refractivity (Wildman–Crippen MR) is 66.0 cm³/mol. The molecule has 0 radical (unpaired) electrons. The molecule has 0 saturated heterocycles. The van der Waals surface area contributed by atoms with E-state index in [1.807, 2.05) is 60.9 Å². The van der Waals surface area contributed by atoms with E-state index < -0.39 is 0 Å². The summed E-state index contributed by atoms with van der Waals surface area (Å²) in [4.78, 5) is 0. The van der Waals surface area contributed by atoms with Crippen molar-refractivity contribution in [1.82, 2.24) is 0 Å². The number of allylic oxidation sites excluding steroid dienone is 1. The maximum Gasteiger partial charge on any atom is 0.202 e. The van der Waals surface area contributed by atoms with Gasteiger partial charge in [-0.05, 0) is 16.7 Å². The maximum atomic E-state index is 4.23. The number of hydrogen-bond donors (Lipinski definition) is 0. The van der Waals surface area contributed by atoms with Crippen LogP contribution in [0.4, 0.5) is 0 Å². The Morgan fingerprint density at radius 2 is 1.53 bits per heavy atom. The minimum atomic E-state index is 0. The zero-order valence-corrected chi connectivity index (χ0v) is 11.4. The van der Waals surface area contributed by atoms with Gasteiger partial charge in [-0.25, -0.2) is 0 Å². The lowest BCUT2D eigenvalue weighted by Crippen LogP contribution is -3.00. The molecule has 2 nitrogen and oxygen atoms in total. The Morgan fingerprint density at radius 3 is 2.24 bits per heavy atom. The van der Waals surface area contributed by atoms with E-state index in [4.69, 9.17) is 0 Å². The minimum Gasteiger partial charge on any atom is -1.00 e. The van der Waals surface area contributed by atoms with Gasteiger partial charge in [0.1, 0.15) is 0 Å². The van der Waals surface area contributed by atoms with Gasteiger partial charge in [-0.2, -0.15) is 0 Å². The Bertz CT molecular complexity index is 431. The Kier molecular flexibility index (Phi) is 6.17. The first-order chi connectivity index (χ1) is 7.95. The molecule has 3 heteroatoms. The fourth-order valence-electron chi connectivity index (χ4n) is 1.30. The van der Waals surface area contributed by atoms with Crippen LogP contribution in [0.1, 0.15) is 5.56 Å². The molecule has 2 rings (SSSR count). The van der Waals surface area contributed by atoms with Gasteiger partial charge in [0.15, 0.2) is 0 Å². The van der Waals surface area contributed by atoms with Crippen LogP contribution in [0.5, 0.6) is 0 Å². The molecule has 1 heterocycles. The summed E-state index contributed by atoms with van der Waals surface area (Å²) in [6.45, 7) is 0. The molecule has 0 spiro atoms. The Hall–Kier alpha value is -1.49. The van der Waals surface area contributed by atoms with Gasteiger partial charge in [0, 0.05) is 12.1 Å². The van der Waals surface area contributed by atoms with Gasteiger partial charge < -0.3 is 24.0 Å². The standard InChI is InChI=1S/C14H13N2.HI/c1-3-8-14(9-4-1)10-7-11-15-16-12-5-2-6-13-16;/h1-13H;1H/q+1;/p-1/b10-7+,15-11-;. The summed E-state index contributed by atoms with van der Waals surface area (Å²) in [5, 5.41) is 4.23. The third kappa shape index (κ3) is 4.91. The maximum absolute atomic E-state index is 4.23. The van der Waals surface area contributed by atoms with E-state index in [0.717, 1.165) is 0 Å². The molecule has 1 aromatic heterocycles. The van der Waals surface area contributed by atoms with Crippen molar-refractivity contribution >= 4 is 12.3 Å². The van der Waals surface area contributed by atoms with Crippen LogP contribution in [-0.2, 0) is 0 Å². The fourth-order valence-corrected chi connectivity index (χ4v) is 1.30. The Morgan fingerprint density at radius 1 is 0.882 bits per heavy atom. The van der Waals surface area contributed by atoms with Crippen molar-refractivity contribution in [1.29, 1.82) is 0 Å². The quantitative estimate of drug-likeness (QED) is 0.409. The molecule has 0 bridgehead atoms. The smallest absolute Gasteiger partial charge is 0.202 e. The summed E-state index contributed by atoms with van der Waals surface area (Å²) in [7, 11) is 0. The molecule has 0 aliphatic heterocycles. The topological polar surface area (TPSA) is 16.2 Å². The molecule has 86 valence electrons. The molecule has 0 atom stereocenters. The molecule has 0 aliphatic rings. The molecule has 0 saturated carbocycles. The van der Waals surface area contributed by atoms with Gasteiger partial charge >= 0.3 is 0 Å². The first kappa shape index (κ1) is 13.6. The van der Waals surface area contributed by atoms with Gasteiger partial charge in [0.05, 0.1) is 6.21 Å². The fraction of sp³-hybridized carbons (Fsp3) is 0. The molecule has 2 aromatic rings. The Balaban J connectivity index is 0.00000144. The second-order valence-corrected chi connectivity index (χ2v) is 3.29. The van der Waals surface area contributed by atoms with Crippen molar-refractivity contribution in [2.24, 2.45) is 5.10 Å². The number of rotatable bonds is 3. The van der Waals surface area contributed by atoms with Crippen LogP contribution in [0.2, 0.25) is 0 Å². The largest absolute Gasteiger partial charge is 1.00 e. The van der Waals surface area contributed by atoms with Crippen LogP contribution in [0, 0.1) is 0 Å². The molecule has 1 aromatic carbocycles. The molecule has 0 N–H and O–H groups in total. The Labute approximate surface area is 118 Å². The minimum absolute atomic E-state index is 0. The van der Waals surface area contributed by atoms with Gasteiger partial charge in [-0.15, -0.1) is 0 Å². The summed E-state index contributed by atoms with van der Waals surface area (Å²) in [6.07, 6.45) is 9.51. The molecule has 0 fully saturated rings. The summed E-state index contributed by atoms with van der Waals surface area (Å²) < 4.78 is 1.76. The average Bonchev–Trinajstić information content (AvgIpc) is 2.37. The first-order valence-electron chi connectivity index (χ1n) is 5.17. The highest BCUT2D eigenvalue weighted by Gasteiger charge is 1.88. The summed E-state index contributed by atoms with van der Waals surface area (Å²) in [5.74, 6) is 0. The highest BCUT2D eigenvalue weighted by atomic mass is 127. The lowest BCUT2D eigenvalue weighted by molar-refractivity contribution is -0.678. The molecule has 0 unspecified atom stereocenters. The normalized spacial score (nSPS) is 10.6. The van der Waals surface area contributed by atoms with Crippen molar-refractivity contribution in [2.75, 3.05) is 0 Å². The van der Waals surface area contributed by atoms with Gasteiger partial charge in [0.25, 0.3) is 0 Å². The molecule has 0 aliphatic carbocycles. The zero-order chi connectivity index (χ0) is 11.1. The number of aromatic nitrogens is 1. The number of nitrogens with zero attached hydrogens (tertiary/aromatic N) is 2. The molecular formula is C14H13IN2. The highest BCUT2D eigenvalue weighted by molar-refractivity contribution is 5.77. The van der Waals surface area contributed by atoms with Gasteiger partial charge in [0.2, 0.25) is 12.4 Å². The van der Waals surface area contributed by atoms with Crippen molar-refractivity contribution < 1.29 is 28.7 Å². The monoisotopic (exact) mass is 336 g/mol. The van der Waals surface area contributed by atoms with Crippen LogP contribution < -0.4 is 28.7 Å². The van der Waals surface area contributed by atoms with E-state index >= 15 is 0 Å². The lowest BCUT2D eigenvalue weighted by atomic mass is 10.2. The average molecular weight is 336 g/mol. The number of halogens is 1. The first-order valence-corrected chi connectivity index (χ1v) is 5.17. The predicted octanol–water partition coefficient (Wildman–Crippen LogP) is -0.475. The number of pyridine rings is 1. The zero-order valence-electron chi connectivity index (χ0n) is 9.28. The van der Waals surface area contributed by atoms with Crippen LogP contribution in [0.25, 0.3) is 6.08 Å². The van der Waals surface area contributed by atoms with E-state index in [2.05, 4.69) is 17.2 Å². The number of hydrogen-bond acceptors (Lipinski definition) is 1.